The van der Waals surface area contributed by atoms with Gasteiger partial charge in [0.1, 0.15) is 5.52 Å². The number of nitrogens with one attached hydrogen (secondary N) is 1. The van der Waals surface area contributed by atoms with Crippen LogP contribution in [0.15, 0.2) is 28.7 Å². The van der Waals surface area contributed by atoms with Crippen LogP contribution in [-0.4, -0.2) is 60.6 Å². The Balaban J connectivity index is 1.63. The summed E-state index contributed by atoms with van der Waals surface area (Å²) in [6.45, 7) is 10.0. The smallest absolute Gasteiger partial charge is 0.295 e. The van der Waals surface area contributed by atoms with Gasteiger partial charge in [0.25, 0.3) is 6.01 Å². The summed E-state index contributed by atoms with van der Waals surface area (Å²) in [6.07, 6.45) is 0. The molecule has 5 heteroatoms. The summed E-state index contributed by atoms with van der Waals surface area (Å²) in [7, 11) is 2.19. The van der Waals surface area contributed by atoms with Crippen LogP contribution in [0.25, 0.3) is 11.1 Å². The molecule has 1 aliphatic heterocycles. The number of piperazine rings is 1. The molecular formula is C17H26N4O. The maximum Gasteiger partial charge on any atom is 0.295 e. The van der Waals surface area contributed by atoms with E-state index in [1.165, 1.54) is 0 Å². The van der Waals surface area contributed by atoms with Gasteiger partial charge in [-0.1, -0.05) is 26.0 Å². The van der Waals surface area contributed by atoms with Crippen molar-refractivity contribution in [3.05, 3.63) is 24.3 Å². The molecule has 0 amide bonds. The SMILES string of the molecule is CC(C)[C@H](CNc1nc2ccccc2o1)N1CCN(C)CC1. The second-order valence-electron chi connectivity index (χ2n) is 6.52. The van der Waals surface area contributed by atoms with E-state index < -0.39 is 0 Å². The third-order valence-corrected chi connectivity index (χ3v) is 4.53. The topological polar surface area (TPSA) is 44.5 Å². The van der Waals surface area contributed by atoms with Gasteiger partial charge in [-0.3, -0.25) is 4.90 Å². The molecule has 5 nitrogen and oxygen atoms in total. The second-order valence-corrected chi connectivity index (χ2v) is 6.52. The second kappa shape index (κ2) is 6.67. The zero-order chi connectivity index (χ0) is 15.5. The molecule has 1 aliphatic rings. The molecule has 0 bridgehead atoms. The van der Waals surface area contributed by atoms with Gasteiger partial charge in [-0.2, -0.15) is 4.98 Å². The molecule has 1 N–H and O–H groups in total. The standard InChI is InChI=1S/C17H26N4O/c1-13(2)15(21-10-8-20(3)9-11-21)12-18-17-19-14-6-4-5-7-16(14)22-17/h4-7,13,15H,8-12H2,1-3H3,(H,18,19)/t15-/m0/s1. The minimum atomic E-state index is 0.503. The molecule has 22 heavy (non-hydrogen) atoms. The van der Waals surface area contributed by atoms with Gasteiger partial charge < -0.3 is 14.6 Å². The van der Waals surface area contributed by atoms with Crippen molar-refractivity contribution in [1.29, 1.82) is 0 Å². The van der Waals surface area contributed by atoms with Gasteiger partial charge in [0, 0.05) is 38.8 Å². The normalized spacial score (nSPS) is 18.9. The van der Waals surface area contributed by atoms with E-state index in [9.17, 15) is 0 Å². The van der Waals surface area contributed by atoms with Gasteiger partial charge in [-0.15, -0.1) is 0 Å². The predicted molar refractivity (Wildman–Crippen MR) is 90.2 cm³/mol. The van der Waals surface area contributed by atoms with Crippen molar-refractivity contribution in [1.82, 2.24) is 14.8 Å². The summed E-state index contributed by atoms with van der Waals surface area (Å²) in [5.74, 6) is 0.597. The Morgan fingerprint density at radius 1 is 1.18 bits per heavy atom. The number of fused-ring (bicyclic) bond motifs is 1. The molecule has 0 unspecified atom stereocenters. The fourth-order valence-corrected chi connectivity index (χ4v) is 3.08. The average Bonchev–Trinajstić information content (AvgIpc) is 2.91. The van der Waals surface area contributed by atoms with Crippen LogP contribution in [0.2, 0.25) is 0 Å². The highest BCUT2D eigenvalue weighted by molar-refractivity contribution is 5.74. The Bertz CT molecular complexity index is 568. The van der Waals surface area contributed by atoms with Crippen molar-refractivity contribution in [2.24, 2.45) is 5.92 Å². The van der Waals surface area contributed by atoms with Crippen molar-refractivity contribution >= 4 is 17.1 Å². The van der Waals surface area contributed by atoms with Crippen LogP contribution in [0, 0.1) is 5.92 Å². The van der Waals surface area contributed by atoms with Crippen molar-refractivity contribution in [2.75, 3.05) is 45.1 Å². The maximum atomic E-state index is 5.75. The minimum absolute atomic E-state index is 0.503. The molecule has 0 aliphatic carbocycles. The van der Waals surface area contributed by atoms with Crippen LogP contribution in [0.1, 0.15) is 13.8 Å². The first-order valence-corrected chi connectivity index (χ1v) is 8.15. The minimum Gasteiger partial charge on any atom is -0.424 e. The number of para-hydroxylation sites is 2. The predicted octanol–water partition coefficient (Wildman–Crippen LogP) is 2.51. The van der Waals surface area contributed by atoms with Crippen LogP contribution >= 0.6 is 0 Å². The van der Waals surface area contributed by atoms with Gasteiger partial charge in [0.2, 0.25) is 0 Å². The van der Waals surface area contributed by atoms with Crippen LogP contribution in [0.3, 0.4) is 0 Å². The molecule has 1 fully saturated rings. The molecule has 1 aromatic carbocycles. The van der Waals surface area contributed by atoms with Gasteiger partial charge in [-0.25, -0.2) is 0 Å². The lowest BCUT2D eigenvalue weighted by Crippen LogP contribution is -2.52. The van der Waals surface area contributed by atoms with Crippen molar-refractivity contribution in [2.45, 2.75) is 19.9 Å². The number of oxazole rings is 1. The number of likely N-dealkylation sites (N-methyl/N-ethyl adjacent to an activating group) is 1. The zero-order valence-corrected chi connectivity index (χ0v) is 13.7. The van der Waals surface area contributed by atoms with Crippen molar-refractivity contribution in [3.8, 4) is 0 Å². The van der Waals surface area contributed by atoms with Crippen LogP contribution < -0.4 is 5.32 Å². The molecule has 1 aromatic heterocycles. The van der Waals surface area contributed by atoms with Crippen LogP contribution in [0.4, 0.5) is 6.01 Å². The van der Waals surface area contributed by atoms with Crippen molar-refractivity contribution in [3.63, 3.8) is 0 Å². The molecule has 1 atom stereocenters. The number of aromatic nitrogens is 1. The average molecular weight is 302 g/mol. The highest BCUT2D eigenvalue weighted by Gasteiger charge is 2.25. The monoisotopic (exact) mass is 302 g/mol. The van der Waals surface area contributed by atoms with Gasteiger partial charge in [0.15, 0.2) is 5.58 Å². The first-order valence-electron chi connectivity index (χ1n) is 8.15. The Morgan fingerprint density at radius 3 is 2.59 bits per heavy atom. The van der Waals surface area contributed by atoms with E-state index in [0.717, 1.165) is 43.8 Å². The van der Waals surface area contributed by atoms with E-state index in [4.69, 9.17) is 4.42 Å². The lowest BCUT2D eigenvalue weighted by atomic mass is 10.0. The van der Waals surface area contributed by atoms with E-state index in [1.54, 1.807) is 0 Å². The summed E-state index contributed by atoms with van der Waals surface area (Å²) >= 11 is 0. The number of nitrogens with zero attached hydrogens (tertiary/aromatic N) is 3. The van der Waals surface area contributed by atoms with E-state index in [1.807, 2.05) is 24.3 Å². The third-order valence-electron chi connectivity index (χ3n) is 4.53. The molecule has 3 rings (SSSR count). The number of rotatable bonds is 5. The molecule has 1 saturated heterocycles. The third kappa shape index (κ3) is 3.42. The summed E-state index contributed by atoms with van der Waals surface area (Å²) in [4.78, 5) is 9.47. The van der Waals surface area contributed by atoms with Gasteiger partial charge in [0.05, 0.1) is 0 Å². The molecule has 0 radical (unpaired) electrons. The van der Waals surface area contributed by atoms with Gasteiger partial charge >= 0.3 is 0 Å². The summed E-state index contributed by atoms with van der Waals surface area (Å²) < 4.78 is 5.75. The molecule has 0 spiro atoms. The first kappa shape index (κ1) is 15.3. The van der Waals surface area contributed by atoms with E-state index in [0.29, 0.717) is 18.0 Å². The zero-order valence-electron chi connectivity index (χ0n) is 13.7. The van der Waals surface area contributed by atoms with Crippen LogP contribution in [-0.2, 0) is 0 Å². The number of hydrogen-bond acceptors (Lipinski definition) is 5. The Hall–Kier alpha value is -1.59. The van der Waals surface area contributed by atoms with Crippen molar-refractivity contribution < 1.29 is 4.42 Å². The van der Waals surface area contributed by atoms with Crippen LogP contribution in [0.5, 0.6) is 0 Å². The van der Waals surface area contributed by atoms with E-state index in [2.05, 4.69) is 41.0 Å². The Kier molecular flexibility index (Phi) is 4.64. The number of hydrogen-bond donors (Lipinski definition) is 1. The fraction of sp³-hybridized carbons (Fsp3) is 0.588. The molecule has 2 aromatic rings. The molecule has 120 valence electrons. The highest BCUT2D eigenvalue weighted by Crippen LogP contribution is 2.19. The Morgan fingerprint density at radius 2 is 1.91 bits per heavy atom. The highest BCUT2D eigenvalue weighted by atomic mass is 16.4. The van der Waals surface area contributed by atoms with Gasteiger partial charge in [-0.05, 0) is 25.1 Å². The molecule has 2 heterocycles. The molecule has 0 saturated carbocycles. The number of anilines is 1. The largest absolute Gasteiger partial charge is 0.424 e. The summed E-state index contributed by atoms with van der Waals surface area (Å²) in [5, 5.41) is 3.39. The summed E-state index contributed by atoms with van der Waals surface area (Å²) in [5.41, 5.74) is 1.75. The lowest BCUT2D eigenvalue weighted by Gasteiger charge is -2.39. The van der Waals surface area contributed by atoms with E-state index in [-0.39, 0.29) is 0 Å². The summed E-state index contributed by atoms with van der Waals surface area (Å²) in [6, 6.07) is 9.01. The lowest BCUT2D eigenvalue weighted by molar-refractivity contribution is 0.0942. The fourth-order valence-electron chi connectivity index (χ4n) is 3.08. The maximum absolute atomic E-state index is 5.75. The van der Waals surface area contributed by atoms with E-state index >= 15 is 0 Å². The quantitative estimate of drug-likeness (QED) is 0.919. The first-order chi connectivity index (χ1) is 10.6. The number of benzene rings is 1. The molecular weight excluding hydrogens is 276 g/mol. The Labute approximate surface area is 132 Å².